The zero-order valence-electron chi connectivity index (χ0n) is 16.1. The van der Waals surface area contributed by atoms with Gasteiger partial charge in [-0.1, -0.05) is 72.7 Å². The number of likely N-dealkylation sites (tertiary alicyclic amines) is 1. The van der Waals surface area contributed by atoms with Crippen molar-refractivity contribution in [1.82, 2.24) is 15.0 Å². The highest BCUT2D eigenvalue weighted by Gasteiger charge is 2.30. The number of carbonyl (C=O) groups excluding carboxylic acids is 1. The predicted molar refractivity (Wildman–Crippen MR) is 108 cm³/mol. The molecule has 1 aliphatic heterocycles. The quantitative estimate of drug-likeness (QED) is 0.652. The van der Waals surface area contributed by atoms with Gasteiger partial charge in [-0.05, 0) is 24.8 Å². The molecule has 0 aliphatic carbocycles. The van der Waals surface area contributed by atoms with Crippen LogP contribution in [0.1, 0.15) is 49.5 Å². The summed E-state index contributed by atoms with van der Waals surface area (Å²) in [7, 11) is 0. The van der Waals surface area contributed by atoms with Crippen LogP contribution in [0.3, 0.4) is 0 Å². The van der Waals surface area contributed by atoms with Crippen molar-refractivity contribution in [2.45, 2.75) is 38.0 Å². The fourth-order valence-corrected chi connectivity index (χ4v) is 3.91. The Kier molecular flexibility index (Phi) is 5.51. The normalized spacial score (nSPS) is 16.1. The van der Waals surface area contributed by atoms with Crippen molar-refractivity contribution >= 4 is 5.91 Å². The minimum absolute atomic E-state index is 0.0640. The Labute approximate surface area is 165 Å². The molecule has 3 aromatic rings. The Bertz CT molecular complexity index is 900. The molecule has 1 aliphatic rings. The van der Waals surface area contributed by atoms with Gasteiger partial charge in [0.25, 0.3) is 0 Å². The summed E-state index contributed by atoms with van der Waals surface area (Å²) < 4.78 is 5.53. The van der Waals surface area contributed by atoms with Gasteiger partial charge in [-0.25, -0.2) is 0 Å². The van der Waals surface area contributed by atoms with Crippen LogP contribution in [-0.2, 0) is 4.79 Å². The summed E-state index contributed by atoms with van der Waals surface area (Å²) >= 11 is 0. The topological polar surface area (TPSA) is 59.2 Å². The van der Waals surface area contributed by atoms with Gasteiger partial charge in [0.15, 0.2) is 0 Å². The van der Waals surface area contributed by atoms with Crippen LogP contribution in [0, 0.1) is 0 Å². The van der Waals surface area contributed by atoms with E-state index in [1.54, 1.807) is 0 Å². The fourth-order valence-electron chi connectivity index (χ4n) is 3.91. The minimum Gasteiger partial charge on any atom is -0.342 e. The molecular weight excluding hydrogens is 350 g/mol. The van der Waals surface area contributed by atoms with Crippen LogP contribution in [-0.4, -0.2) is 34.0 Å². The van der Waals surface area contributed by atoms with Crippen LogP contribution in [0.4, 0.5) is 0 Å². The average molecular weight is 375 g/mol. The van der Waals surface area contributed by atoms with E-state index in [4.69, 9.17) is 4.52 Å². The Morgan fingerprint density at radius 2 is 1.71 bits per heavy atom. The van der Waals surface area contributed by atoms with E-state index < -0.39 is 0 Å². The lowest BCUT2D eigenvalue weighted by Crippen LogP contribution is -2.40. The predicted octanol–water partition coefficient (Wildman–Crippen LogP) is 4.64. The summed E-state index contributed by atoms with van der Waals surface area (Å²) in [6.07, 6.45) is 2.52. The lowest BCUT2D eigenvalue weighted by Gasteiger charge is -2.33. The van der Waals surface area contributed by atoms with Crippen molar-refractivity contribution in [3.63, 3.8) is 0 Å². The van der Waals surface area contributed by atoms with Gasteiger partial charge in [-0.15, -0.1) is 0 Å². The number of hydrogen-bond acceptors (Lipinski definition) is 4. The van der Waals surface area contributed by atoms with Crippen LogP contribution < -0.4 is 0 Å². The molecule has 0 bridgehead atoms. The molecule has 0 N–H and O–H groups in total. The average Bonchev–Trinajstić information content (AvgIpc) is 3.26. The molecule has 0 saturated carbocycles. The SMILES string of the molecule is CCC(C(=O)N1CCC(c2nc(-c3ccccc3)no2)CC1)c1ccccc1. The van der Waals surface area contributed by atoms with Crippen LogP contribution in [0.15, 0.2) is 65.2 Å². The standard InChI is InChI=1S/C23H25N3O2/c1-2-20(17-9-5-3-6-10-17)23(27)26-15-13-19(14-16-26)22-24-21(25-28-22)18-11-7-4-8-12-18/h3-12,19-20H,2,13-16H2,1H3. The molecule has 1 aromatic heterocycles. The maximum absolute atomic E-state index is 13.0. The highest BCUT2D eigenvalue weighted by Crippen LogP contribution is 2.31. The first-order valence-corrected chi connectivity index (χ1v) is 9.99. The molecule has 2 heterocycles. The van der Waals surface area contributed by atoms with Gasteiger partial charge in [0.1, 0.15) is 0 Å². The first kappa shape index (κ1) is 18.4. The molecular formula is C23H25N3O2. The lowest BCUT2D eigenvalue weighted by molar-refractivity contribution is -0.134. The molecule has 2 aromatic carbocycles. The van der Waals surface area contributed by atoms with Gasteiger partial charge in [0.2, 0.25) is 17.6 Å². The second-order valence-corrected chi connectivity index (χ2v) is 7.29. The van der Waals surface area contributed by atoms with E-state index in [-0.39, 0.29) is 17.7 Å². The van der Waals surface area contributed by atoms with Gasteiger partial charge in [0, 0.05) is 24.6 Å². The number of aromatic nitrogens is 2. The second-order valence-electron chi connectivity index (χ2n) is 7.29. The van der Waals surface area contributed by atoms with Crippen LogP contribution >= 0.6 is 0 Å². The summed E-state index contributed by atoms with van der Waals surface area (Å²) in [5, 5.41) is 4.13. The van der Waals surface area contributed by atoms with E-state index in [9.17, 15) is 4.79 Å². The number of rotatable bonds is 5. The van der Waals surface area contributed by atoms with Gasteiger partial charge in [-0.3, -0.25) is 4.79 Å². The maximum atomic E-state index is 13.0. The Hall–Kier alpha value is -2.95. The molecule has 28 heavy (non-hydrogen) atoms. The van der Waals surface area contributed by atoms with E-state index in [0.717, 1.165) is 43.5 Å². The molecule has 0 radical (unpaired) electrons. The molecule has 1 saturated heterocycles. The monoisotopic (exact) mass is 375 g/mol. The summed E-state index contributed by atoms with van der Waals surface area (Å²) in [5.74, 6) is 1.68. The molecule has 144 valence electrons. The van der Waals surface area contributed by atoms with Crippen molar-refractivity contribution in [3.05, 3.63) is 72.1 Å². The molecule has 4 rings (SSSR count). The van der Waals surface area contributed by atoms with Crippen molar-refractivity contribution in [1.29, 1.82) is 0 Å². The third-order valence-corrected chi connectivity index (χ3v) is 5.54. The third-order valence-electron chi connectivity index (χ3n) is 5.54. The molecule has 0 spiro atoms. The molecule has 1 unspecified atom stereocenters. The summed E-state index contributed by atoms with van der Waals surface area (Å²) in [5.41, 5.74) is 2.06. The highest BCUT2D eigenvalue weighted by atomic mass is 16.5. The summed E-state index contributed by atoms with van der Waals surface area (Å²) in [6.45, 7) is 3.54. The smallest absolute Gasteiger partial charge is 0.230 e. The Balaban J connectivity index is 1.39. The maximum Gasteiger partial charge on any atom is 0.230 e. The zero-order chi connectivity index (χ0) is 19.3. The van der Waals surface area contributed by atoms with Crippen molar-refractivity contribution in [2.75, 3.05) is 13.1 Å². The van der Waals surface area contributed by atoms with E-state index in [1.165, 1.54) is 0 Å². The number of nitrogens with zero attached hydrogens (tertiary/aromatic N) is 3. The molecule has 1 fully saturated rings. The van der Waals surface area contributed by atoms with Gasteiger partial charge >= 0.3 is 0 Å². The lowest BCUT2D eigenvalue weighted by atomic mass is 9.92. The van der Waals surface area contributed by atoms with E-state index in [2.05, 4.69) is 17.1 Å². The number of hydrogen-bond donors (Lipinski definition) is 0. The number of amides is 1. The highest BCUT2D eigenvalue weighted by molar-refractivity contribution is 5.83. The molecule has 1 atom stereocenters. The first-order valence-electron chi connectivity index (χ1n) is 9.99. The third kappa shape index (κ3) is 3.84. The first-order chi connectivity index (χ1) is 13.8. The molecule has 5 nitrogen and oxygen atoms in total. The van der Waals surface area contributed by atoms with Crippen molar-refractivity contribution in [3.8, 4) is 11.4 Å². The Morgan fingerprint density at radius 1 is 1.07 bits per heavy atom. The van der Waals surface area contributed by atoms with Crippen LogP contribution in [0.2, 0.25) is 0 Å². The van der Waals surface area contributed by atoms with E-state index in [0.29, 0.717) is 11.7 Å². The van der Waals surface area contributed by atoms with Gasteiger partial charge in [0.05, 0.1) is 5.92 Å². The van der Waals surface area contributed by atoms with Crippen molar-refractivity contribution in [2.24, 2.45) is 0 Å². The molecule has 1 amide bonds. The van der Waals surface area contributed by atoms with Crippen molar-refractivity contribution < 1.29 is 9.32 Å². The number of piperidine rings is 1. The fraction of sp³-hybridized carbons (Fsp3) is 0.348. The van der Waals surface area contributed by atoms with Crippen LogP contribution in [0.5, 0.6) is 0 Å². The number of benzene rings is 2. The largest absolute Gasteiger partial charge is 0.342 e. The van der Waals surface area contributed by atoms with E-state index >= 15 is 0 Å². The van der Waals surface area contributed by atoms with E-state index in [1.807, 2.05) is 65.6 Å². The second kappa shape index (κ2) is 8.38. The summed E-state index contributed by atoms with van der Waals surface area (Å²) in [6, 6.07) is 19.9. The van der Waals surface area contributed by atoms with Gasteiger partial charge < -0.3 is 9.42 Å². The van der Waals surface area contributed by atoms with Crippen LogP contribution in [0.25, 0.3) is 11.4 Å². The number of carbonyl (C=O) groups is 1. The summed E-state index contributed by atoms with van der Waals surface area (Å²) in [4.78, 5) is 19.6. The minimum atomic E-state index is -0.0640. The Morgan fingerprint density at radius 3 is 2.36 bits per heavy atom. The molecule has 5 heteroatoms. The van der Waals surface area contributed by atoms with Gasteiger partial charge in [-0.2, -0.15) is 4.98 Å². The zero-order valence-corrected chi connectivity index (χ0v) is 16.1.